The third-order valence-electron chi connectivity index (χ3n) is 10.5. The van der Waals surface area contributed by atoms with Crippen LogP contribution in [0.5, 0.6) is 0 Å². The number of aliphatic hydroxyl groups is 1. The molecule has 4 rings (SSSR count). The van der Waals surface area contributed by atoms with E-state index in [4.69, 9.17) is 9.47 Å². The standard InChI is InChI=1S/C39H56BrN3O7/c1-10-12-19-28(45)41(9)25(3)31(26-17-14-13-15-18-26)49-36(48)29-30-34(46)42(21-16-22-44)33(39(30)23-27(40)32(29)50-39)35(47)43(20-11-2)38(7,8)24-37(4,5)6/h10-11,13-15,17-18,25,27,29-33,44H,1-2,12,16,19-24H2,3-9H3/t25-,27?,29-,30+,31+,32-,33-,39+/m1/s1. The zero-order chi connectivity index (χ0) is 37.2. The van der Waals surface area contributed by atoms with Crippen LogP contribution in [-0.4, -0.2) is 104 Å². The highest BCUT2D eigenvalue weighted by Gasteiger charge is 2.77. The second kappa shape index (κ2) is 15.7. The normalized spacial score (nSPS) is 27.0. The van der Waals surface area contributed by atoms with Gasteiger partial charge in [0.2, 0.25) is 17.7 Å². The first-order chi connectivity index (χ1) is 23.5. The monoisotopic (exact) mass is 757 g/mol. The molecule has 0 radical (unpaired) electrons. The van der Waals surface area contributed by atoms with E-state index in [0.717, 1.165) is 0 Å². The van der Waals surface area contributed by atoms with Crippen LogP contribution in [0.25, 0.3) is 0 Å². The van der Waals surface area contributed by atoms with Crippen molar-refractivity contribution < 1.29 is 33.8 Å². The van der Waals surface area contributed by atoms with E-state index in [1.807, 2.05) is 51.1 Å². The van der Waals surface area contributed by atoms with Gasteiger partial charge in [-0.05, 0) is 57.4 Å². The molecule has 1 N–H and O–H groups in total. The van der Waals surface area contributed by atoms with E-state index in [9.17, 15) is 24.3 Å². The van der Waals surface area contributed by atoms with Crippen LogP contribution in [0.15, 0.2) is 55.6 Å². The number of hydrogen-bond acceptors (Lipinski definition) is 7. The summed E-state index contributed by atoms with van der Waals surface area (Å²) < 4.78 is 13.1. The average Bonchev–Trinajstić information content (AvgIpc) is 3.65. The van der Waals surface area contributed by atoms with Crippen LogP contribution in [0, 0.1) is 17.3 Å². The number of aliphatic hydroxyl groups excluding tert-OH is 1. The van der Waals surface area contributed by atoms with E-state index in [1.165, 1.54) is 4.90 Å². The van der Waals surface area contributed by atoms with E-state index in [2.05, 4.69) is 49.9 Å². The molecule has 3 aliphatic rings. The first-order valence-electron chi connectivity index (χ1n) is 17.7. The second-order valence-electron chi connectivity index (χ2n) is 15.9. The van der Waals surface area contributed by atoms with Gasteiger partial charge in [-0.25, -0.2) is 0 Å². The molecule has 1 aromatic carbocycles. The summed E-state index contributed by atoms with van der Waals surface area (Å²) in [4.78, 5) is 61.6. The van der Waals surface area contributed by atoms with E-state index in [1.54, 1.807) is 29.0 Å². The lowest BCUT2D eigenvalue weighted by atomic mass is 9.70. The molecule has 1 aromatic rings. The molecule has 2 bridgehead atoms. The van der Waals surface area contributed by atoms with E-state index in [0.29, 0.717) is 24.8 Å². The summed E-state index contributed by atoms with van der Waals surface area (Å²) in [6.45, 7) is 20.1. The lowest BCUT2D eigenvalue weighted by Gasteiger charge is -2.45. The van der Waals surface area contributed by atoms with Crippen molar-refractivity contribution in [2.75, 3.05) is 26.7 Å². The zero-order valence-electron chi connectivity index (χ0n) is 30.8. The number of esters is 1. The third kappa shape index (κ3) is 7.75. The number of halogens is 1. The number of allylic oxidation sites excluding steroid dienone is 1. The van der Waals surface area contributed by atoms with Crippen LogP contribution in [0.3, 0.4) is 0 Å². The molecule has 3 heterocycles. The predicted molar refractivity (Wildman–Crippen MR) is 196 cm³/mol. The minimum atomic E-state index is -1.28. The number of likely N-dealkylation sites (tertiary alicyclic amines) is 1. The maximum Gasteiger partial charge on any atom is 0.313 e. The van der Waals surface area contributed by atoms with Gasteiger partial charge in [-0.3, -0.25) is 19.2 Å². The largest absolute Gasteiger partial charge is 0.455 e. The SMILES string of the molecule is C=CCCC(=O)N(C)[C@H](C)[C@H](OC(=O)[C@H]1[C@@H]2O[C@@]3(CC2Br)[C@@H]1C(=O)N(CCCO)[C@@H]3C(=O)N(CC=C)C(C)(C)CC(C)(C)C)c1ccccc1. The van der Waals surface area contributed by atoms with Crippen LogP contribution < -0.4 is 0 Å². The van der Waals surface area contributed by atoms with E-state index < -0.39 is 53.2 Å². The molecule has 1 unspecified atom stereocenters. The van der Waals surface area contributed by atoms with Crippen molar-refractivity contribution in [3.63, 3.8) is 0 Å². The Balaban J connectivity index is 1.74. The number of benzene rings is 1. The first-order valence-corrected chi connectivity index (χ1v) is 18.6. The van der Waals surface area contributed by atoms with Crippen molar-refractivity contribution in [1.82, 2.24) is 14.7 Å². The Labute approximate surface area is 306 Å². The maximum atomic E-state index is 14.9. The summed E-state index contributed by atoms with van der Waals surface area (Å²) in [5.41, 5.74) is -1.27. The summed E-state index contributed by atoms with van der Waals surface area (Å²) in [6, 6.07) is 7.72. The van der Waals surface area contributed by atoms with Gasteiger partial charge < -0.3 is 29.3 Å². The van der Waals surface area contributed by atoms with Crippen LogP contribution >= 0.6 is 15.9 Å². The van der Waals surface area contributed by atoms with Crippen molar-refractivity contribution in [3.8, 4) is 0 Å². The lowest BCUT2D eigenvalue weighted by Crippen LogP contribution is -2.61. The number of likely N-dealkylation sites (N-methyl/N-ethyl adjacent to an activating group) is 1. The van der Waals surface area contributed by atoms with Crippen LogP contribution in [0.2, 0.25) is 0 Å². The van der Waals surface area contributed by atoms with Gasteiger partial charge >= 0.3 is 5.97 Å². The highest BCUT2D eigenvalue weighted by Crippen LogP contribution is 2.61. The molecule has 10 nitrogen and oxygen atoms in total. The number of hydrogen-bond donors (Lipinski definition) is 1. The first kappa shape index (κ1) is 39.8. The molecule has 276 valence electrons. The lowest BCUT2D eigenvalue weighted by molar-refractivity contribution is -0.164. The highest BCUT2D eigenvalue weighted by molar-refractivity contribution is 9.09. The highest BCUT2D eigenvalue weighted by atomic mass is 79.9. The number of carbonyl (C=O) groups is 4. The third-order valence-corrected chi connectivity index (χ3v) is 11.3. The van der Waals surface area contributed by atoms with Gasteiger partial charge in [-0.2, -0.15) is 0 Å². The van der Waals surface area contributed by atoms with Gasteiger partial charge in [0.1, 0.15) is 17.7 Å². The van der Waals surface area contributed by atoms with Crippen molar-refractivity contribution in [3.05, 3.63) is 61.2 Å². The van der Waals surface area contributed by atoms with Crippen LogP contribution in [0.1, 0.15) is 85.3 Å². The Kier molecular flexibility index (Phi) is 12.5. The number of fused-ring (bicyclic) bond motifs is 1. The van der Waals surface area contributed by atoms with Crippen molar-refractivity contribution in [1.29, 1.82) is 0 Å². The quantitative estimate of drug-likeness (QED) is 0.136. The fraction of sp³-hybridized carbons (Fsp3) is 0.641. The minimum absolute atomic E-state index is 0.0963. The number of nitrogens with zero attached hydrogens (tertiary/aromatic N) is 3. The van der Waals surface area contributed by atoms with Crippen LogP contribution in [0.4, 0.5) is 0 Å². The average molecular weight is 759 g/mol. The van der Waals surface area contributed by atoms with Gasteiger partial charge in [0.05, 0.1) is 24.0 Å². The van der Waals surface area contributed by atoms with E-state index >= 15 is 0 Å². The van der Waals surface area contributed by atoms with Crippen LogP contribution in [-0.2, 0) is 28.7 Å². The number of amides is 3. The molecule has 3 saturated heterocycles. The summed E-state index contributed by atoms with van der Waals surface area (Å²) in [6.07, 6.45) is 3.95. The molecule has 0 aliphatic carbocycles. The maximum absolute atomic E-state index is 14.9. The number of carbonyl (C=O) groups excluding carboxylic acids is 4. The molecule has 3 amide bonds. The Morgan fingerprint density at radius 3 is 2.40 bits per heavy atom. The Morgan fingerprint density at radius 2 is 1.82 bits per heavy atom. The Morgan fingerprint density at radius 1 is 1.16 bits per heavy atom. The molecule has 3 aliphatic heterocycles. The molecular weight excluding hydrogens is 702 g/mol. The molecule has 50 heavy (non-hydrogen) atoms. The predicted octanol–water partition coefficient (Wildman–Crippen LogP) is 5.44. The fourth-order valence-corrected chi connectivity index (χ4v) is 9.53. The Bertz CT molecular complexity index is 1430. The molecular formula is C39H56BrN3O7. The molecule has 1 spiro atoms. The Hall–Kier alpha value is -3.02. The van der Waals surface area contributed by atoms with Gasteiger partial charge in [-0.1, -0.05) is 79.2 Å². The van der Waals surface area contributed by atoms with Gasteiger partial charge in [-0.15, -0.1) is 13.2 Å². The summed E-state index contributed by atoms with van der Waals surface area (Å²) >= 11 is 3.75. The van der Waals surface area contributed by atoms with Gasteiger partial charge in [0, 0.05) is 43.5 Å². The minimum Gasteiger partial charge on any atom is -0.455 e. The van der Waals surface area contributed by atoms with Gasteiger partial charge in [0.15, 0.2) is 0 Å². The topological polar surface area (TPSA) is 117 Å². The summed E-state index contributed by atoms with van der Waals surface area (Å²) in [5.74, 6) is -3.30. The molecule has 0 saturated carbocycles. The second-order valence-corrected chi connectivity index (χ2v) is 17.1. The number of rotatable bonds is 16. The van der Waals surface area contributed by atoms with Crippen molar-refractivity contribution in [2.24, 2.45) is 17.3 Å². The van der Waals surface area contributed by atoms with Gasteiger partial charge in [0.25, 0.3) is 0 Å². The molecule has 0 aromatic heterocycles. The smallest absolute Gasteiger partial charge is 0.313 e. The summed E-state index contributed by atoms with van der Waals surface area (Å²) in [5, 5.41) is 9.80. The molecule has 8 atom stereocenters. The van der Waals surface area contributed by atoms with Crippen molar-refractivity contribution >= 4 is 39.6 Å². The molecule has 3 fully saturated rings. The summed E-state index contributed by atoms with van der Waals surface area (Å²) in [7, 11) is 1.69. The molecule has 11 heteroatoms. The number of ether oxygens (including phenoxy) is 2. The zero-order valence-corrected chi connectivity index (χ0v) is 32.4. The van der Waals surface area contributed by atoms with E-state index in [-0.39, 0.29) is 60.5 Å². The number of alkyl halides is 1. The van der Waals surface area contributed by atoms with Crippen molar-refractivity contribution in [2.45, 2.75) is 114 Å². The fourth-order valence-electron chi connectivity index (χ4n) is 8.59.